The normalized spacial score (nSPS) is 10.2. The summed E-state index contributed by atoms with van der Waals surface area (Å²) in [6.45, 7) is 0.427. The lowest BCUT2D eigenvalue weighted by molar-refractivity contribution is -0.119. The Morgan fingerprint density at radius 3 is 2.86 bits per heavy atom. The summed E-state index contributed by atoms with van der Waals surface area (Å²) in [4.78, 5) is 15.0. The van der Waals surface area contributed by atoms with E-state index in [1.807, 2.05) is 18.2 Å². The molecular formula is C14H13Br2N3O2. The van der Waals surface area contributed by atoms with E-state index in [0.717, 1.165) is 20.3 Å². The second-order valence-corrected chi connectivity index (χ2v) is 5.99. The van der Waals surface area contributed by atoms with Gasteiger partial charge < -0.3 is 15.8 Å². The number of hydrogen-bond acceptors (Lipinski definition) is 4. The zero-order valence-electron chi connectivity index (χ0n) is 11.0. The van der Waals surface area contributed by atoms with Crippen molar-refractivity contribution in [1.29, 1.82) is 0 Å². The van der Waals surface area contributed by atoms with Crippen LogP contribution in [0.25, 0.3) is 0 Å². The Balaban J connectivity index is 1.99. The van der Waals surface area contributed by atoms with E-state index in [1.54, 1.807) is 18.3 Å². The number of nitrogens with one attached hydrogen (secondary N) is 1. The summed E-state index contributed by atoms with van der Waals surface area (Å²) >= 11 is 6.83. The number of aromatic nitrogens is 1. The van der Waals surface area contributed by atoms with Crippen molar-refractivity contribution in [2.24, 2.45) is 5.73 Å². The molecule has 1 amide bonds. The van der Waals surface area contributed by atoms with Gasteiger partial charge in [-0.3, -0.25) is 9.78 Å². The number of primary amides is 1. The van der Waals surface area contributed by atoms with Gasteiger partial charge in [-0.1, -0.05) is 6.07 Å². The van der Waals surface area contributed by atoms with Crippen molar-refractivity contribution in [1.82, 2.24) is 4.98 Å². The lowest BCUT2D eigenvalue weighted by Gasteiger charge is -2.10. The van der Waals surface area contributed by atoms with Crippen molar-refractivity contribution in [3.05, 3.63) is 51.2 Å². The molecule has 1 heterocycles. The molecule has 7 heteroatoms. The van der Waals surface area contributed by atoms with Gasteiger partial charge in [-0.25, -0.2) is 0 Å². The molecule has 0 fully saturated rings. The van der Waals surface area contributed by atoms with E-state index < -0.39 is 5.91 Å². The highest BCUT2D eigenvalue weighted by atomic mass is 79.9. The van der Waals surface area contributed by atoms with Gasteiger partial charge in [-0.2, -0.15) is 0 Å². The number of carbonyl (C=O) groups excluding carboxylic acids is 1. The van der Waals surface area contributed by atoms with E-state index in [4.69, 9.17) is 10.5 Å². The molecule has 21 heavy (non-hydrogen) atoms. The van der Waals surface area contributed by atoms with Crippen LogP contribution >= 0.6 is 31.9 Å². The zero-order chi connectivity index (χ0) is 15.2. The fourth-order valence-corrected chi connectivity index (χ4v) is 2.74. The van der Waals surface area contributed by atoms with Crippen molar-refractivity contribution in [3.63, 3.8) is 0 Å². The smallest absolute Gasteiger partial charge is 0.255 e. The third-order valence-electron chi connectivity index (χ3n) is 2.56. The summed E-state index contributed by atoms with van der Waals surface area (Å²) in [5.41, 5.74) is 6.80. The maximum Gasteiger partial charge on any atom is 0.255 e. The summed E-state index contributed by atoms with van der Waals surface area (Å²) < 4.78 is 7.09. The Morgan fingerprint density at radius 1 is 1.33 bits per heavy atom. The second kappa shape index (κ2) is 7.42. The first-order valence-electron chi connectivity index (χ1n) is 6.09. The van der Waals surface area contributed by atoms with Crippen LogP contribution in [0.5, 0.6) is 5.75 Å². The number of benzene rings is 1. The molecule has 0 spiro atoms. The molecule has 0 aliphatic carbocycles. The molecule has 3 N–H and O–H groups in total. The first kappa shape index (κ1) is 15.8. The Labute approximate surface area is 139 Å². The van der Waals surface area contributed by atoms with Crippen LogP contribution in [0.15, 0.2) is 45.5 Å². The quantitative estimate of drug-likeness (QED) is 0.761. The molecule has 0 aliphatic heterocycles. The molecule has 0 bridgehead atoms. The molecule has 1 aromatic carbocycles. The SMILES string of the molecule is NC(=O)COc1cccc(NCc2ncc(Br)cc2Br)c1. The van der Waals surface area contributed by atoms with Crippen LogP contribution in [0.4, 0.5) is 5.69 Å². The summed E-state index contributed by atoms with van der Waals surface area (Å²) in [5, 5.41) is 3.25. The number of rotatable bonds is 6. The van der Waals surface area contributed by atoms with Crippen LogP contribution in [0, 0.1) is 0 Å². The van der Waals surface area contributed by atoms with E-state index in [9.17, 15) is 4.79 Å². The molecule has 0 aliphatic rings. The van der Waals surface area contributed by atoms with E-state index in [2.05, 4.69) is 42.2 Å². The predicted molar refractivity (Wildman–Crippen MR) is 88.1 cm³/mol. The molecule has 2 aromatic rings. The van der Waals surface area contributed by atoms with Gasteiger partial charge in [0, 0.05) is 26.9 Å². The molecule has 110 valence electrons. The van der Waals surface area contributed by atoms with Crippen LogP contribution < -0.4 is 15.8 Å². The molecule has 0 atom stereocenters. The molecule has 5 nitrogen and oxygen atoms in total. The van der Waals surface area contributed by atoms with Crippen LogP contribution in [-0.2, 0) is 11.3 Å². The minimum Gasteiger partial charge on any atom is -0.484 e. The number of anilines is 1. The standard InChI is InChI=1S/C14H13Br2N3O2/c15-9-4-12(16)13(19-6-9)7-18-10-2-1-3-11(5-10)21-8-14(17)20/h1-6,18H,7-8H2,(H2,17,20). The molecule has 0 saturated heterocycles. The fraction of sp³-hybridized carbons (Fsp3) is 0.143. The summed E-state index contributed by atoms with van der Waals surface area (Å²) in [5.74, 6) is 0.0815. The average molecular weight is 415 g/mol. The molecule has 2 rings (SSSR count). The van der Waals surface area contributed by atoms with Gasteiger partial charge in [0.15, 0.2) is 6.61 Å². The van der Waals surface area contributed by atoms with Crippen molar-refractivity contribution in [2.75, 3.05) is 11.9 Å². The molecule has 0 radical (unpaired) electrons. The monoisotopic (exact) mass is 413 g/mol. The van der Waals surface area contributed by atoms with Crippen molar-refractivity contribution in [2.45, 2.75) is 6.54 Å². The van der Waals surface area contributed by atoms with E-state index in [0.29, 0.717) is 12.3 Å². The highest BCUT2D eigenvalue weighted by Gasteiger charge is 2.03. The Hall–Kier alpha value is -1.60. The highest BCUT2D eigenvalue weighted by molar-refractivity contribution is 9.11. The van der Waals surface area contributed by atoms with Gasteiger partial charge in [-0.05, 0) is 50.1 Å². The summed E-state index contributed by atoms with van der Waals surface area (Å²) in [7, 11) is 0. The molecular weight excluding hydrogens is 402 g/mol. The maximum absolute atomic E-state index is 10.7. The Morgan fingerprint density at radius 2 is 2.14 bits per heavy atom. The number of amides is 1. The average Bonchev–Trinajstić information content (AvgIpc) is 2.45. The van der Waals surface area contributed by atoms with Gasteiger partial charge >= 0.3 is 0 Å². The largest absolute Gasteiger partial charge is 0.484 e. The maximum atomic E-state index is 10.7. The second-order valence-electron chi connectivity index (χ2n) is 4.22. The lowest BCUT2D eigenvalue weighted by Crippen LogP contribution is -2.20. The Kier molecular flexibility index (Phi) is 5.58. The number of carbonyl (C=O) groups is 1. The topological polar surface area (TPSA) is 77.2 Å². The van der Waals surface area contributed by atoms with Crippen molar-refractivity contribution < 1.29 is 9.53 Å². The first-order chi connectivity index (χ1) is 10.0. The first-order valence-corrected chi connectivity index (χ1v) is 7.68. The highest BCUT2D eigenvalue weighted by Crippen LogP contribution is 2.22. The van der Waals surface area contributed by atoms with Gasteiger partial charge in [0.2, 0.25) is 0 Å². The zero-order valence-corrected chi connectivity index (χ0v) is 14.1. The van der Waals surface area contributed by atoms with Crippen LogP contribution in [0.3, 0.4) is 0 Å². The van der Waals surface area contributed by atoms with Gasteiger partial charge in [0.25, 0.3) is 5.91 Å². The lowest BCUT2D eigenvalue weighted by atomic mass is 10.3. The summed E-state index contributed by atoms with van der Waals surface area (Å²) in [6, 6.07) is 9.25. The number of pyridine rings is 1. The van der Waals surface area contributed by atoms with E-state index in [-0.39, 0.29) is 6.61 Å². The predicted octanol–water partition coefficient (Wildman–Crippen LogP) is 3.08. The van der Waals surface area contributed by atoms with Gasteiger partial charge in [0.1, 0.15) is 5.75 Å². The molecule has 1 aromatic heterocycles. The molecule has 0 unspecified atom stereocenters. The van der Waals surface area contributed by atoms with Gasteiger partial charge in [-0.15, -0.1) is 0 Å². The summed E-state index contributed by atoms with van der Waals surface area (Å²) in [6.07, 6.45) is 1.74. The third kappa shape index (κ3) is 5.02. The van der Waals surface area contributed by atoms with Gasteiger partial charge in [0.05, 0.1) is 12.2 Å². The van der Waals surface area contributed by atoms with Crippen LogP contribution in [0.1, 0.15) is 5.69 Å². The Bertz CT molecular complexity index is 650. The number of nitrogens with two attached hydrogens (primary N) is 1. The van der Waals surface area contributed by atoms with Crippen molar-refractivity contribution in [3.8, 4) is 5.75 Å². The van der Waals surface area contributed by atoms with Crippen LogP contribution in [-0.4, -0.2) is 17.5 Å². The van der Waals surface area contributed by atoms with Crippen molar-refractivity contribution >= 4 is 43.5 Å². The number of nitrogens with zero attached hydrogens (tertiary/aromatic N) is 1. The fourth-order valence-electron chi connectivity index (χ4n) is 1.61. The third-order valence-corrected chi connectivity index (χ3v) is 3.68. The minimum atomic E-state index is -0.503. The van der Waals surface area contributed by atoms with E-state index in [1.165, 1.54) is 0 Å². The number of halogens is 2. The number of hydrogen-bond donors (Lipinski definition) is 2. The minimum absolute atomic E-state index is 0.136. The molecule has 0 saturated carbocycles. The number of ether oxygens (including phenoxy) is 1. The van der Waals surface area contributed by atoms with Crippen LogP contribution in [0.2, 0.25) is 0 Å². The van der Waals surface area contributed by atoms with E-state index >= 15 is 0 Å².